The van der Waals surface area contributed by atoms with Crippen molar-refractivity contribution in [2.75, 3.05) is 19.7 Å². The second-order valence-electron chi connectivity index (χ2n) is 6.45. The number of likely N-dealkylation sites (tertiary alicyclic amines) is 1. The fourth-order valence-corrected chi connectivity index (χ4v) is 3.15. The van der Waals surface area contributed by atoms with Crippen molar-refractivity contribution in [1.82, 2.24) is 15.1 Å². The normalized spacial score (nSPS) is 23.7. The number of hydrogen-bond acceptors (Lipinski definition) is 5. The molecule has 2 aliphatic rings. The molecule has 3 rings (SSSR count). The van der Waals surface area contributed by atoms with Crippen LogP contribution in [0.1, 0.15) is 63.1 Å². The minimum atomic E-state index is 0.141. The lowest BCUT2D eigenvalue weighted by Gasteiger charge is -2.39. The average Bonchev–Trinajstić information content (AvgIpc) is 2.86. The maximum absolute atomic E-state index is 9.56. The third-order valence-electron chi connectivity index (χ3n) is 5.30. The Balaban J connectivity index is 1.53. The maximum atomic E-state index is 9.56. The summed E-state index contributed by atoms with van der Waals surface area (Å²) in [4.78, 5) is 2.36. The van der Waals surface area contributed by atoms with Gasteiger partial charge in [0, 0.05) is 12.5 Å². The third-order valence-corrected chi connectivity index (χ3v) is 5.30. The highest BCUT2D eigenvalue weighted by molar-refractivity contribution is 4.96. The molecule has 1 aromatic heterocycles. The first-order valence-electron chi connectivity index (χ1n) is 7.90. The molecule has 5 heteroatoms. The molecule has 1 aliphatic heterocycles. The number of piperidine rings is 1. The first-order valence-corrected chi connectivity index (χ1v) is 7.90. The second kappa shape index (κ2) is 5.82. The zero-order valence-corrected chi connectivity index (χ0v) is 12.3. The molecule has 112 valence electrons. The number of nitrogens with zero attached hydrogens (tertiary/aromatic N) is 3. The lowest BCUT2D eigenvalue weighted by atomic mass is 9.77. The van der Waals surface area contributed by atoms with Gasteiger partial charge in [-0.15, -0.1) is 10.2 Å². The summed E-state index contributed by atoms with van der Waals surface area (Å²) in [7, 11) is 0. The largest absolute Gasteiger partial charge is 0.424 e. The molecular formula is C15H25N3O2. The van der Waals surface area contributed by atoms with Gasteiger partial charge in [0.1, 0.15) is 0 Å². The summed E-state index contributed by atoms with van der Waals surface area (Å²) in [6, 6.07) is 0. The van der Waals surface area contributed by atoms with E-state index >= 15 is 0 Å². The minimum absolute atomic E-state index is 0.141. The van der Waals surface area contributed by atoms with Gasteiger partial charge in [0.2, 0.25) is 11.8 Å². The highest BCUT2D eigenvalue weighted by Crippen LogP contribution is 2.36. The second-order valence-corrected chi connectivity index (χ2v) is 6.45. The minimum Gasteiger partial charge on any atom is -0.424 e. The van der Waals surface area contributed by atoms with E-state index in [-0.39, 0.29) is 5.41 Å². The molecule has 0 unspecified atom stereocenters. The molecule has 0 radical (unpaired) electrons. The van der Waals surface area contributed by atoms with Gasteiger partial charge in [-0.1, -0.05) is 13.3 Å². The van der Waals surface area contributed by atoms with Crippen molar-refractivity contribution in [2.45, 2.75) is 57.9 Å². The number of hydrogen-bond donors (Lipinski definition) is 1. The molecule has 2 fully saturated rings. The van der Waals surface area contributed by atoms with Gasteiger partial charge < -0.3 is 9.52 Å². The predicted octanol–water partition coefficient (Wildman–Crippen LogP) is 2.32. The Morgan fingerprint density at radius 2 is 2.05 bits per heavy atom. The zero-order valence-electron chi connectivity index (χ0n) is 12.3. The van der Waals surface area contributed by atoms with E-state index in [2.05, 4.69) is 22.0 Å². The highest BCUT2D eigenvalue weighted by atomic mass is 16.4. The van der Waals surface area contributed by atoms with Crippen LogP contribution in [0.3, 0.4) is 0 Å². The van der Waals surface area contributed by atoms with Crippen LogP contribution in [0.15, 0.2) is 4.42 Å². The van der Waals surface area contributed by atoms with Crippen LogP contribution in [-0.2, 0) is 6.54 Å². The Hall–Kier alpha value is -0.940. The summed E-state index contributed by atoms with van der Waals surface area (Å²) >= 11 is 0. The van der Waals surface area contributed by atoms with Crippen molar-refractivity contribution in [3.63, 3.8) is 0 Å². The fourth-order valence-electron chi connectivity index (χ4n) is 3.15. The lowest BCUT2D eigenvalue weighted by molar-refractivity contribution is 0.0352. The molecule has 0 aromatic carbocycles. The van der Waals surface area contributed by atoms with E-state index < -0.39 is 0 Å². The Bertz CT molecular complexity index is 428. The van der Waals surface area contributed by atoms with Crippen LogP contribution in [0, 0.1) is 5.41 Å². The summed E-state index contributed by atoms with van der Waals surface area (Å²) in [6.07, 6.45) is 6.85. The first-order chi connectivity index (χ1) is 9.74. The van der Waals surface area contributed by atoms with E-state index in [9.17, 15) is 5.11 Å². The summed E-state index contributed by atoms with van der Waals surface area (Å²) in [6.45, 7) is 5.26. The van der Waals surface area contributed by atoms with Gasteiger partial charge in [-0.05, 0) is 50.6 Å². The molecule has 1 saturated carbocycles. The molecule has 0 atom stereocenters. The van der Waals surface area contributed by atoms with E-state index in [1.165, 1.54) is 19.3 Å². The van der Waals surface area contributed by atoms with Crippen LogP contribution in [-0.4, -0.2) is 39.9 Å². The van der Waals surface area contributed by atoms with Crippen LogP contribution in [0.2, 0.25) is 0 Å². The Kier molecular flexibility index (Phi) is 4.08. The molecule has 0 bridgehead atoms. The molecule has 0 spiro atoms. The van der Waals surface area contributed by atoms with Crippen LogP contribution in [0.25, 0.3) is 0 Å². The predicted molar refractivity (Wildman–Crippen MR) is 75.2 cm³/mol. The van der Waals surface area contributed by atoms with Crippen molar-refractivity contribution in [3.05, 3.63) is 11.8 Å². The van der Waals surface area contributed by atoms with Crippen LogP contribution >= 0.6 is 0 Å². The Labute approximate surface area is 120 Å². The molecule has 1 N–H and O–H groups in total. The van der Waals surface area contributed by atoms with E-state index in [0.29, 0.717) is 12.5 Å². The van der Waals surface area contributed by atoms with E-state index in [1.54, 1.807) is 0 Å². The van der Waals surface area contributed by atoms with Crippen molar-refractivity contribution in [1.29, 1.82) is 0 Å². The monoisotopic (exact) mass is 279 g/mol. The van der Waals surface area contributed by atoms with Gasteiger partial charge in [-0.25, -0.2) is 0 Å². The number of rotatable bonds is 5. The smallest absolute Gasteiger partial charge is 0.230 e. The number of aliphatic hydroxyl groups is 1. The van der Waals surface area contributed by atoms with E-state index in [1.807, 2.05) is 0 Å². The molecule has 2 heterocycles. The maximum Gasteiger partial charge on any atom is 0.230 e. The SMILES string of the molecule is CCC1(CO)CCN(Cc2nnc(C3CCC3)o2)CC1. The molecule has 1 aromatic rings. The quantitative estimate of drug-likeness (QED) is 0.896. The summed E-state index contributed by atoms with van der Waals surface area (Å²) < 4.78 is 5.78. The van der Waals surface area contributed by atoms with Gasteiger partial charge in [-0.2, -0.15) is 0 Å². The molecule has 5 nitrogen and oxygen atoms in total. The number of aromatic nitrogens is 2. The van der Waals surface area contributed by atoms with E-state index in [0.717, 1.165) is 50.7 Å². The summed E-state index contributed by atoms with van der Waals surface area (Å²) in [5, 5.41) is 17.9. The molecule has 0 amide bonds. The van der Waals surface area contributed by atoms with Gasteiger partial charge >= 0.3 is 0 Å². The molecular weight excluding hydrogens is 254 g/mol. The highest BCUT2D eigenvalue weighted by Gasteiger charge is 2.33. The average molecular weight is 279 g/mol. The lowest BCUT2D eigenvalue weighted by Crippen LogP contribution is -2.41. The zero-order chi connectivity index (χ0) is 14.0. The van der Waals surface area contributed by atoms with Gasteiger partial charge in [0.15, 0.2) is 0 Å². The standard InChI is InChI=1S/C15H25N3O2/c1-2-15(11-19)6-8-18(9-7-15)10-13-16-17-14(20-13)12-4-3-5-12/h12,19H,2-11H2,1H3. The van der Waals surface area contributed by atoms with Gasteiger partial charge in [-0.3, -0.25) is 4.90 Å². The van der Waals surface area contributed by atoms with Gasteiger partial charge in [0.25, 0.3) is 0 Å². The van der Waals surface area contributed by atoms with Gasteiger partial charge in [0.05, 0.1) is 6.54 Å². The van der Waals surface area contributed by atoms with Crippen molar-refractivity contribution in [3.8, 4) is 0 Å². The Morgan fingerprint density at radius 3 is 2.60 bits per heavy atom. The molecule has 1 aliphatic carbocycles. The van der Waals surface area contributed by atoms with Crippen molar-refractivity contribution < 1.29 is 9.52 Å². The fraction of sp³-hybridized carbons (Fsp3) is 0.867. The summed E-state index contributed by atoms with van der Waals surface area (Å²) in [5.41, 5.74) is 0.141. The third kappa shape index (κ3) is 2.74. The van der Waals surface area contributed by atoms with Crippen LogP contribution < -0.4 is 0 Å². The van der Waals surface area contributed by atoms with Crippen LogP contribution in [0.4, 0.5) is 0 Å². The molecule has 20 heavy (non-hydrogen) atoms. The van der Waals surface area contributed by atoms with E-state index in [4.69, 9.17) is 4.42 Å². The first kappa shape index (κ1) is 14.0. The Morgan fingerprint density at radius 1 is 1.30 bits per heavy atom. The molecule has 1 saturated heterocycles. The van der Waals surface area contributed by atoms with Crippen molar-refractivity contribution >= 4 is 0 Å². The summed E-state index contributed by atoms with van der Waals surface area (Å²) in [5.74, 6) is 2.10. The number of aliphatic hydroxyl groups excluding tert-OH is 1. The van der Waals surface area contributed by atoms with Crippen LogP contribution in [0.5, 0.6) is 0 Å². The van der Waals surface area contributed by atoms with Crippen molar-refractivity contribution in [2.24, 2.45) is 5.41 Å². The topological polar surface area (TPSA) is 62.4 Å².